The fraction of sp³-hybridized carbons (Fsp3) is 0.273. The average Bonchev–Trinajstić information content (AvgIpc) is 2.71. The van der Waals surface area contributed by atoms with Crippen LogP contribution in [-0.4, -0.2) is 22.6 Å². The zero-order valence-corrected chi connectivity index (χ0v) is 17.4. The number of rotatable bonds is 7. The maximum absolute atomic E-state index is 13.3. The van der Waals surface area contributed by atoms with Gasteiger partial charge in [-0.15, -0.1) is 0 Å². The molecule has 0 aromatic heterocycles. The Morgan fingerprint density at radius 3 is 2.36 bits per heavy atom. The summed E-state index contributed by atoms with van der Waals surface area (Å²) >= 11 is 0. The fourth-order valence-electron chi connectivity index (χ4n) is 3.51. The first kappa shape index (κ1) is 20.0. The third-order valence-corrected chi connectivity index (χ3v) is 6.32. The topological polar surface area (TPSA) is 64.6 Å². The second-order valence-corrected chi connectivity index (χ2v) is 8.09. The van der Waals surface area contributed by atoms with Crippen LogP contribution in [0.4, 0.5) is 5.69 Å². The second kappa shape index (κ2) is 8.10. The van der Waals surface area contributed by atoms with E-state index in [9.17, 15) is 8.42 Å². The summed E-state index contributed by atoms with van der Waals surface area (Å²) in [6.07, 6.45) is 1.45. The van der Waals surface area contributed by atoms with Gasteiger partial charge in [0.05, 0.1) is 24.8 Å². The lowest BCUT2D eigenvalue weighted by Gasteiger charge is -2.17. The molecule has 0 amide bonds. The summed E-state index contributed by atoms with van der Waals surface area (Å²) in [5.74, 6) is 0.971. The predicted octanol–water partition coefficient (Wildman–Crippen LogP) is 4.78. The van der Waals surface area contributed by atoms with E-state index in [2.05, 4.69) is 17.7 Å². The largest absolute Gasteiger partial charge is 0.497 e. The molecule has 0 bridgehead atoms. The van der Waals surface area contributed by atoms with Gasteiger partial charge in [-0.1, -0.05) is 38.1 Å². The van der Waals surface area contributed by atoms with Crippen LogP contribution in [0.5, 0.6) is 11.5 Å². The van der Waals surface area contributed by atoms with Crippen LogP contribution in [0, 0.1) is 0 Å². The van der Waals surface area contributed by atoms with Crippen LogP contribution in [0.2, 0.25) is 0 Å². The normalized spacial score (nSPS) is 11.4. The summed E-state index contributed by atoms with van der Waals surface area (Å²) in [6, 6.07) is 14.6. The number of fused-ring (bicyclic) bond motifs is 1. The SMILES string of the molecule is CCc1cccc2ccc(S(=O)(=O)Nc3cc(OC)ccc3OC)c(CC)c12. The molecule has 0 fully saturated rings. The Morgan fingerprint density at radius 2 is 1.71 bits per heavy atom. The Labute approximate surface area is 166 Å². The summed E-state index contributed by atoms with van der Waals surface area (Å²) in [7, 11) is -0.782. The number of nitrogens with one attached hydrogen (secondary N) is 1. The first-order valence-electron chi connectivity index (χ1n) is 9.23. The van der Waals surface area contributed by atoms with E-state index >= 15 is 0 Å². The molecular formula is C22H25NO4S. The van der Waals surface area contributed by atoms with Gasteiger partial charge in [0.2, 0.25) is 0 Å². The minimum absolute atomic E-state index is 0.285. The summed E-state index contributed by atoms with van der Waals surface area (Å²) in [6.45, 7) is 4.06. The van der Waals surface area contributed by atoms with Gasteiger partial charge in [-0.05, 0) is 52.9 Å². The molecule has 0 heterocycles. The molecule has 0 aliphatic carbocycles. The van der Waals surface area contributed by atoms with Gasteiger partial charge in [0.1, 0.15) is 11.5 Å². The van der Waals surface area contributed by atoms with Gasteiger partial charge in [0.25, 0.3) is 10.0 Å². The Hall–Kier alpha value is -2.73. The fourth-order valence-corrected chi connectivity index (χ4v) is 4.88. The molecule has 1 N–H and O–H groups in total. The van der Waals surface area contributed by atoms with Crippen molar-refractivity contribution in [1.82, 2.24) is 0 Å². The molecule has 0 aliphatic heterocycles. The highest BCUT2D eigenvalue weighted by molar-refractivity contribution is 7.92. The number of sulfonamides is 1. The van der Waals surface area contributed by atoms with E-state index in [1.54, 1.807) is 24.3 Å². The maximum atomic E-state index is 13.3. The second-order valence-electron chi connectivity index (χ2n) is 6.44. The Morgan fingerprint density at radius 1 is 0.929 bits per heavy atom. The van der Waals surface area contributed by atoms with Gasteiger partial charge in [-0.2, -0.15) is 0 Å². The molecule has 0 radical (unpaired) electrons. The molecule has 3 aromatic carbocycles. The number of benzene rings is 3. The third kappa shape index (κ3) is 3.64. The van der Waals surface area contributed by atoms with Crippen LogP contribution < -0.4 is 14.2 Å². The third-order valence-electron chi connectivity index (χ3n) is 4.87. The van der Waals surface area contributed by atoms with E-state index in [-0.39, 0.29) is 4.90 Å². The highest BCUT2D eigenvalue weighted by Gasteiger charge is 2.22. The number of aryl methyl sites for hydroxylation is 2. The monoisotopic (exact) mass is 399 g/mol. The van der Waals surface area contributed by atoms with E-state index in [1.807, 2.05) is 25.1 Å². The standard InChI is InChI=1S/C22H25NO4S/c1-5-15-8-7-9-16-10-13-21(18(6-2)22(15)16)28(24,25)23-19-14-17(26-3)11-12-20(19)27-4/h7-14,23H,5-6H2,1-4H3. The molecule has 0 saturated carbocycles. The average molecular weight is 400 g/mol. The van der Waals surface area contributed by atoms with Gasteiger partial charge in [-0.3, -0.25) is 4.72 Å². The van der Waals surface area contributed by atoms with Crippen molar-refractivity contribution in [3.8, 4) is 11.5 Å². The molecule has 28 heavy (non-hydrogen) atoms. The smallest absolute Gasteiger partial charge is 0.262 e. The lowest BCUT2D eigenvalue weighted by atomic mass is 9.96. The summed E-state index contributed by atoms with van der Waals surface area (Å²) in [4.78, 5) is 0.285. The summed E-state index contributed by atoms with van der Waals surface area (Å²) in [5.41, 5.74) is 2.31. The zero-order chi connectivity index (χ0) is 20.3. The van der Waals surface area contributed by atoms with Crippen LogP contribution in [0.25, 0.3) is 10.8 Å². The number of ether oxygens (including phenoxy) is 2. The molecular weight excluding hydrogens is 374 g/mol. The molecule has 3 rings (SSSR count). The van der Waals surface area contributed by atoms with Gasteiger partial charge in [0, 0.05) is 6.07 Å². The lowest BCUT2D eigenvalue weighted by Crippen LogP contribution is -2.16. The van der Waals surface area contributed by atoms with Crippen molar-refractivity contribution in [2.24, 2.45) is 0 Å². The molecule has 0 spiro atoms. The first-order chi connectivity index (χ1) is 13.4. The van der Waals surface area contributed by atoms with Gasteiger partial charge in [0.15, 0.2) is 0 Å². The molecule has 0 aliphatic rings. The first-order valence-corrected chi connectivity index (χ1v) is 10.7. The van der Waals surface area contributed by atoms with Crippen LogP contribution in [0.3, 0.4) is 0 Å². The molecule has 6 heteroatoms. The van der Waals surface area contributed by atoms with Crippen molar-refractivity contribution in [2.45, 2.75) is 31.6 Å². The lowest BCUT2D eigenvalue weighted by molar-refractivity contribution is 0.405. The minimum atomic E-state index is -3.82. The molecule has 0 atom stereocenters. The Kier molecular flexibility index (Phi) is 5.79. The Balaban J connectivity index is 2.16. The maximum Gasteiger partial charge on any atom is 0.262 e. The van der Waals surface area contributed by atoms with Crippen molar-refractivity contribution >= 4 is 26.5 Å². The minimum Gasteiger partial charge on any atom is -0.497 e. The molecule has 0 saturated heterocycles. The highest BCUT2D eigenvalue weighted by Crippen LogP contribution is 2.34. The van der Waals surface area contributed by atoms with Crippen LogP contribution in [0.1, 0.15) is 25.0 Å². The predicted molar refractivity (Wildman–Crippen MR) is 113 cm³/mol. The number of anilines is 1. The number of methoxy groups -OCH3 is 2. The summed E-state index contributed by atoms with van der Waals surface area (Å²) in [5, 5.41) is 2.07. The van der Waals surface area contributed by atoms with Gasteiger partial charge >= 0.3 is 0 Å². The van der Waals surface area contributed by atoms with Crippen molar-refractivity contribution in [3.05, 3.63) is 59.7 Å². The van der Waals surface area contributed by atoms with Crippen LogP contribution >= 0.6 is 0 Å². The van der Waals surface area contributed by atoms with E-state index in [0.29, 0.717) is 23.6 Å². The van der Waals surface area contributed by atoms with E-state index in [1.165, 1.54) is 14.2 Å². The number of hydrogen-bond acceptors (Lipinski definition) is 4. The molecule has 0 unspecified atom stereocenters. The van der Waals surface area contributed by atoms with Gasteiger partial charge < -0.3 is 9.47 Å². The van der Waals surface area contributed by atoms with Crippen LogP contribution in [0.15, 0.2) is 53.4 Å². The summed E-state index contributed by atoms with van der Waals surface area (Å²) < 4.78 is 39.8. The van der Waals surface area contributed by atoms with Crippen molar-refractivity contribution < 1.29 is 17.9 Å². The van der Waals surface area contributed by atoms with Crippen molar-refractivity contribution in [2.75, 3.05) is 18.9 Å². The molecule has 148 valence electrons. The van der Waals surface area contributed by atoms with Crippen molar-refractivity contribution in [3.63, 3.8) is 0 Å². The quantitative estimate of drug-likeness (QED) is 0.621. The number of hydrogen-bond donors (Lipinski definition) is 1. The van der Waals surface area contributed by atoms with E-state index in [4.69, 9.17) is 9.47 Å². The van der Waals surface area contributed by atoms with E-state index < -0.39 is 10.0 Å². The zero-order valence-electron chi connectivity index (χ0n) is 16.6. The molecule has 5 nitrogen and oxygen atoms in total. The molecule has 3 aromatic rings. The highest BCUT2D eigenvalue weighted by atomic mass is 32.2. The van der Waals surface area contributed by atoms with E-state index in [0.717, 1.165) is 28.3 Å². The van der Waals surface area contributed by atoms with Gasteiger partial charge in [-0.25, -0.2) is 8.42 Å². The van der Waals surface area contributed by atoms with Crippen LogP contribution in [-0.2, 0) is 22.9 Å². The Bertz CT molecular complexity index is 1110. The van der Waals surface area contributed by atoms with Crippen molar-refractivity contribution in [1.29, 1.82) is 0 Å².